The van der Waals surface area contributed by atoms with Crippen molar-refractivity contribution in [2.24, 2.45) is 23.7 Å². The summed E-state index contributed by atoms with van der Waals surface area (Å²) in [5.41, 5.74) is -1.06. The largest absolute Gasteiger partial charge is 0.390 e. The Hall–Kier alpha value is -3.06. The molecule has 7 N–H and O–H groups in total. The highest BCUT2D eigenvalue weighted by Gasteiger charge is 2.55. The minimum absolute atomic E-state index is 0.154. The SMILES string of the molecule is CC[C@H]1OC(O)[C@H](C)[C@@H](C2C[C@@](C)(OC)[C@@H](O)[C@H](C)O2)[C@H](C)[C@@H](O[C@@H]2O[C@H](C)C[C@H](N(C)CCc3cn(CCc4ccc(-n5cc(CO)nn5)cc4)nn3)[C@H]2O)[C@](C)(O)C[C@@H](C)CN(C)[C@H](C)[C@@H](O)[C@]1(C)O. The number of aliphatic hydroxyl groups excluding tert-OH is 5. The molecule has 20 heteroatoms. The fourth-order valence-electron chi connectivity index (χ4n) is 11.9. The van der Waals surface area contributed by atoms with E-state index in [1.807, 2.05) is 103 Å². The molecule has 6 rings (SSSR count). The van der Waals surface area contributed by atoms with E-state index in [2.05, 4.69) is 25.5 Å². The first kappa shape index (κ1) is 58.2. The average Bonchev–Trinajstić information content (AvgIpc) is 4.02. The molecule has 1 aromatic carbocycles. The van der Waals surface area contributed by atoms with Crippen LogP contribution in [0.3, 0.4) is 0 Å². The summed E-state index contributed by atoms with van der Waals surface area (Å²) in [5, 5.41) is 98.6. The van der Waals surface area contributed by atoms with Crippen LogP contribution in [0.4, 0.5) is 0 Å². The maximum Gasteiger partial charge on any atom is 0.185 e. The summed E-state index contributed by atoms with van der Waals surface area (Å²) in [6.45, 7) is 19.8. The summed E-state index contributed by atoms with van der Waals surface area (Å²) >= 11 is 0. The molecular weight excluding hydrogens is 929 g/mol. The van der Waals surface area contributed by atoms with E-state index in [1.54, 1.807) is 31.8 Å². The number of methoxy groups -OCH3 is 1. The highest BCUT2D eigenvalue weighted by molar-refractivity contribution is 5.34. The summed E-state index contributed by atoms with van der Waals surface area (Å²) in [5.74, 6) is -2.13. The zero-order valence-corrected chi connectivity index (χ0v) is 45.0. The Kier molecular flexibility index (Phi) is 19.6. The second-order valence-electron chi connectivity index (χ2n) is 22.4. The van der Waals surface area contributed by atoms with Gasteiger partial charge in [0.1, 0.15) is 29.6 Å². The van der Waals surface area contributed by atoms with Crippen LogP contribution < -0.4 is 0 Å². The second-order valence-corrected chi connectivity index (χ2v) is 22.4. The highest BCUT2D eigenvalue weighted by Crippen LogP contribution is 2.45. The summed E-state index contributed by atoms with van der Waals surface area (Å²) in [6.07, 6.45) is -3.38. The molecule has 5 heterocycles. The quantitative estimate of drug-likeness (QED) is 0.122. The van der Waals surface area contributed by atoms with Crippen molar-refractivity contribution < 1.29 is 59.4 Å². The van der Waals surface area contributed by atoms with E-state index in [-0.39, 0.29) is 43.9 Å². The number of aromatic nitrogens is 6. The number of hydrogen-bond donors (Lipinski definition) is 7. The van der Waals surface area contributed by atoms with Crippen LogP contribution in [-0.2, 0) is 49.7 Å². The molecule has 72 heavy (non-hydrogen) atoms. The normalized spacial score (nSPS) is 40.2. The number of hydrogen-bond acceptors (Lipinski definition) is 18. The van der Waals surface area contributed by atoms with Crippen LogP contribution in [0.25, 0.3) is 5.69 Å². The fourth-order valence-corrected chi connectivity index (χ4v) is 11.9. The molecule has 3 saturated heterocycles. The number of benzene rings is 1. The number of aliphatic hydroxyl groups is 7. The first-order chi connectivity index (χ1) is 33.8. The van der Waals surface area contributed by atoms with Gasteiger partial charge in [-0.15, -0.1) is 10.2 Å². The molecule has 2 aromatic heterocycles. The second kappa shape index (κ2) is 24.3. The zero-order valence-electron chi connectivity index (χ0n) is 45.0. The van der Waals surface area contributed by atoms with E-state index in [4.69, 9.17) is 23.7 Å². The van der Waals surface area contributed by atoms with Crippen LogP contribution in [0.5, 0.6) is 0 Å². The average molecular weight is 1020 g/mol. The lowest BCUT2D eigenvalue weighted by Gasteiger charge is -2.52. The molecule has 20 nitrogen and oxygen atoms in total. The van der Waals surface area contributed by atoms with Gasteiger partial charge >= 0.3 is 0 Å². The molecule has 3 aliphatic heterocycles. The highest BCUT2D eigenvalue weighted by atomic mass is 16.7. The monoisotopic (exact) mass is 1020 g/mol. The first-order valence-electron chi connectivity index (χ1n) is 26.1. The molecular formula is C52H88N8O12. The van der Waals surface area contributed by atoms with Crippen LogP contribution in [0.15, 0.2) is 36.7 Å². The lowest BCUT2D eigenvalue weighted by molar-refractivity contribution is -0.307. The van der Waals surface area contributed by atoms with Gasteiger partial charge in [0, 0.05) is 63.8 Å². The number of likely N-dealkylation sites (N-methyl/N-ethyl adjacent to an activating group) is 2. The van der Waals surface area contributed by atoms with Gasteiger partial charge in [-0.05, 0) is 117 Å². The van der Waals surface area contributed by atoms with Gasteiger partial charge in [-0.3, -0.25) is 4.68 Å². The minimum atomic E-state index is -1.75. The molecule has 0 radical (unpaired) electrons. The van der Waals surface area contributed by atoms with Crippen molar-refractivity contribution in [2.45, 2.75) is 211 Å². The summed E-state index contributed by atoms with van der Waals surface area (Å²) in [7, 11) is 5.38. The van der Waals surface area contributed by atoms with Gasteiger partial charge in [-0.2, -0.15) is 0 Å². The van der Waals surface area contributed by atoms with Crippen molar-refractivity contribution in [1.82, 2.24) is 39.8 Å². The number of aryl methyl sites for hydroxylation is 2. The molecule has 408 valence electrons. The maximum absolute atomic E-state index is 12.9. The Morgan fingerprint density at radius 2 is 1.53 bits per heavy atom. The van der Waals surface area contributed by atoms with E-state index in [0.29, 0.717) is 38.2 Å². The number of rotatable bonds is 14. The summed E-state index contributed by atoms with van der Waals surface area (Å²) in [6, 6.07) is 7.06. The third kappa shape index (κ3) is 13.3. The molecule has 0 amide bonds. The topological polar surface area (TPSA) is 256 Å². The third-order valence-electron chi connectivity index (χ3n) is 16.5. The van der Waals surface area contributed by atoms with Crippen LogP contribution >= 0.6 is 0 Å². The summed E-state index contributed by atoms with van der Waals surface area (Å²) in [4.78, 5) is 4.05. The Morgan fingerprint density at radius 3 is 2.17 bits per heavy atom. The van der Waals surface area contributed by atoms with Crippen molar-refractivity contribution in [3.8, 4) is 5.69 Å². The molecule has 0 spiro atoms. The van der Waals surface area contributed by atoms with E-state index >= 15 is 0 Å². The number of ether oxygens (including phenoxy) is 5. The van der Waals surface area contributed by atoms with E-state index in [1.165, 1.54) is 6.92 Å². The summed E-state index contributed by atoms with van der Waals surface area (Å²) < 4.78 is 36.0. The van der Waals surface area contributed by atoms with Crippen LogP contribution in [-0.4, -0.2) is 200 Å². The minimum Gasteiger partial charge on any atom is -0.390 e. The Bertz CT molecular complexity index is 2130. The molecule has 0 aliphatic carbocycles. The van der Waals surface area contributed by atoms with Gasteiger partial charge in [0.25, 0.3) is 0 Å². The molecule has 19 atom stereocenters. The predicted molar refractivity (Wildman–Crippen MR) is 267 cm³/mol. The van der Waals surface area contributed by atoms with Gasteiger partial charge in [0.2, 0.25) is 0 Å². The van der Waals surface area contributed by atoms with Gasteiger partial charge in [0.05, 0.1) is 65.9 Å². The number of nitrogens with zero attached hydrogens (tertiary/aromatic N) is 8. The molecule has 3 fully saturated rings. The lowest BCUT2D eigenvalue weighted by atomic mass is 9.68. The van der Waals surface area contributed by atoms with E-state index in [0.717, 1.165) is 23.4 Å². The van der Waals surface area contributed by atoms with Crippen molar-refractivity contribution in [2.75, 3.05) is 34.3 Å². The lowest BCUT2D eigenvalue weighted by Crippen LogP contribution is -2.62. The fraction of sp³-hybridized carbons (Fsp3) is 0.808. The Labute approximate surface area is 426 Å². The van der Waals surface area contributed by atoms with E-state index < -0.39 is 95.9 Å². The van der Waals surface area contributed by atoms with Crippen LogP contribution in [0.2, 0.25) is 0 Å². The molecule has 0 bridgehead atoms. The van der Waals surface area contributed by atoms with Crippen molar-refractivity contribution in [3.05, 3.63) is 53.6 Å². The van der Waals surface area contributed by atoms with Crippen LogP contribution in [0, 0.1) is 23.7 Å². The molecule has 0 saturated carbocycles. The predicted octanol–water partition coefficient (Wildman–Crippen LogP) is 2.49. The Balaban J connectivity index is 1.23. The van der Waals surface area contributed by atoms with Gasteiger partial charge in [-0.1, -0.05) is 50.3 Å². The van der Waals surface area contributed by atoms with Crippen molar-refractivity contribution >= 4 is 0 Å². The molecule has 3 aromatic rings. The maximum atomic E-state index is 12.9. The van der Waals surface area contributed by atoms with E-state index in [9.17, 15) is 35.7 Å². The molecule has 2 unspecified atom stereocenters. The third-order valence-corrected chi connectivity index (χ3v) is 16.5. The van der Waals surface area contributed by atoms with Crippen LogP contribution in [0.1, 0.15) is 112 Å². The van der Waals surface area contributed by atoms with Gasteiger partial charge in [-0.25, -0.2) is 4.68 Å². The smallest absolute Gasteiger partial charge is 0.185 e. The first-order valence-corrected chi connectivity index (χ1v) is 26.1. The molecule has 3 aliphatic rings. The van der Waals surface area contributed by atoms with Crippen molar-refractivity contribution in [3.63, 3.8) is 0 Å². The zero-order chi connectivity index (χ0) is 53.0. The standard InChI is InChI=1S/C52H88N8O12/c1-14-42-52(10,67)45(63)34(6)58(12)26-30(2)24-50(8,66)47(32(4)43(33(5)48(65)71-42)41-25-51(9,68-13)46(64)35(7)70-41)72-49-44(62)40(23-31(3)69-49)57(11)21-20-37-27-59(55-53-37)22-19-36-15-17-39(18-16-36)60-28-38(29-61)54-56-60/h15-18,27-28,30-35,40-49,61-67H,14,19-26,29H2,1-13H3/t30-,31-,32+,33-,34-,35+,40+,41?,42-,43+,44-,45-,46+,47-,48?,49+,50-,51-,52-/m1/s1. The Morgan fingerprint density at radius 1 is 0.847 bits per heavy atom. The van der Waals surface area contributed by atoms with Crippen molar-refractivity contribution in [1.29, 1.82) is 0 Å². The van der Waals surface area contributed by atoms with Gasteiger partial charge in [0.15, 0.2) is 12.6 Å². The van der Waals surface area contributed by atoms with Gasteiger partial charge < -0.3 is 69.2 Å².